The van der Waals surface area contributed by atoms with Crippen molar-refractivity contribution in [1.29, 1.82) is 0 Å². The number of benzene rings is 2. The van der Waals surface area contributed by atoms with Gasteiger partial charge in [-0.15, -0.1) is 0 Å². The number of aromatic nitrogens is 3. The van der Waals surface area contributed by atoms with E-state index in [0.717, 1.165) is 17.1 Å². The molecule has 0 spiro atoms. The first-order valence-corrected chi connectivity index (χ1v) is 9.34. The van der Waals surface area contributed by atoms with Crippen LogP contribution in [0, 0.1) is 13.8 Å². The summed E-state index contributed by atoms with van der Waals surface area (Å²) >= 11 is 0. The number of hydrogen-bond donors (Lipinski definition) is 3. The second-order valence-corrected chi connectivity index (χ2v) is 6.72. The van der Waals surface area contributed by atoms with Crippen LogP contribution in [0.2, 0.25) is 0 Å². The maximum Gasteiger partial charge on any atom is 0.233 e. The Morgan fingerprint density at radius 1 is 0.690 bits per heavy atom. The third kappa shape index (κ3) is 5.10. The molecule has 0 amide bonds. The zero-order valence-corrected chi connectivity index (χ0v) is 16.3. The SMILES string of the molecule is Cc1ccc(Nc2nc(NCc3ccco3)nc(Nc3ccc(C)cc3)n2)cc1. The van der Waals surface area contributed by atoms with Gasteiger partial charge in [-0.2, -0.15) is 15.0 Å². The second-order valence-electron chi connectivity index (χ2n) is 6.72. The van der Waals surface area contributed by atoms with Crippen molar-refractivity contribution in [3.05, 3.63) is 83.8 Å². The first kappa shape index (κ1) is 18.5. The fraction of sp³-hybridized carbons (Fsp3) is 0.136. The van der Waals surface area contributed by atoms with Crippen LogP contribution in [-0.4, -0.2) is 15.0 Å². The summed E-state index contributed by atoms with van der Waals surface area (Å²) < 4.78 is 5.36. The maximum atomic E-state index is 5.36. The third-order valence-corrected chi connectivity index (χ3v) is 4.25. The number of rotatable bonds is 7. The molecule has 4 aromatic rings. The minimum atomic E-state index is 0.445. The molecule has 7 nitrogen and oxygen atoms in total. The van der Waals surface area contributed by atoms with E-state index in [9.17, 15) is 0 Å². The molecular weight excluding hydrogens is 364 g/mol. The Kier molecular flexibility index (Phi) is 5.38. The van der Waals surface area contributed by atoms with Gasteiger partial charge in [0.2, 0.25) is 17.8 Å². The monoisotopic (exact) mass is 386 g/mol. The van der Waals surface area contributed by atoms with Crippen molar-refractivity contribution in [3.63, 3.8) is 0 Å². The summed E-state index contributed by atoms with van der Waals surface area (Å²) in [5, 5.41) is 9.65. The average molecular weight is 386 g/mol. The number of aryl methyl sites for hydroxylation is 2. The van der Waals surface area contributed by atoms with E-state index in [1.165, 1.54) is 11.1 Å². The lowest BCUT2D eigenvalue weighted by Gasteiger charge is -2.11. The molecule has 0 bridgehead atoms. The predicted octanol–water partition coefficient (Wildman–Crippen LogP) is 5.18. The van der Waals surface area contributed by atoms with Crippen molar-refractivity contribution < 1.29 is 4.42 Å². The first-order chi connectivity index (χ1) is 14.1. The van der Waals surface area contributed by atoms with E-state index < -0.39 is 0 Å². The van der Waals surface area contributed by atoms with E-state index in [-0.39, 0.29) is 0 Å². The van der Waals surface area contributed by atoms with E-state index in [0.29, 0.717) is 24.4 Å². The van der Waals surface area contributed by atoms with Gasteiger partial charge in [-0.05, 0) is 50.2 Å². The standard InChI is InChI=1S/C22H22N6O/c1-15-5-9-17(10-6-15)24-21-26-20(23-14-19-4-3-13-29-19)27-22(28-21)25-18-11-7-16(2)8-12-18/h3-13H,14H2,1-2H3,(H3,23,24,25,26,27,28). The van der Waals surface area contributed by atoms with Crippen LogP contribution < -0.4 is 16.0 Å². The van der Waals surface area contributed by atoms with Gasteiger partial charge in [0.1, 0.15) is 5.76 Å². The van der Waals surface area contributed by atoms with Gasteiger partial charge in [-0.25, -0.2) is 0 Å². The molecule has 7 heteroatoms. The summed E-state index contributed by atoms with van der Waals surface area (Å²) in [5.74, 6) is 2.13. The molecule has 2 heterocycles. The molecule has 0 aliphatic heterocycles. The van der Waals surface area contributed by atoms with Crippen LogP contribution in [0.3, 0.4) is 0 Å². The summed E-state index contributed by atoms with van der Waals surface area (Å²) in [6.07, 6.45) is 1.64. The molecule has 0 aliphatic rings. The van der Waals surface area contributed by atoms with Gasteiger partial charge in [0, 0.05) is 11.4 Å². The zero-order valence-electron chi connectivity index (χ0n) is 16.3. The molecule has 0 unspecified atom stereocenters. The first-order valence-electron chi connectivity index (χ1n) is 9.34. The highest BCUT2D eigenvalue weighted by atomic mass is 16.3. The van der Waals surface area contributed by atoms with Crippen molar-refractivity contribution in [3.8, 4) is 0 Å². The highest BCUT2D eigenvalue weighted by molar-refractivity contribution is 5.59. The van der Waals surface area contributed by atoms with Crippen LogP contribution in [0.5, 0.6) is 0 Å². The minimum Gasteiger partial charge on any atom is -0.467 e. The van der Waals surface area contributed by atoms with Crippen molar-refractivity contribution in [2.75, 3.05) is 16.0 Å². The van der Waals surface area contributed by atoms with Gasteiger partial charge in [0.15, 0.2) is 0 Å². The molecule has 0 fully saturated rings. The van der Waals surface area contributed by atoms with Crippen molar-refractivity contribution in [2.45, 2.75) is 20.4 Å². The molecule has 3 N–H and O–H groups in total. The molecule has 2 aromatic heterocycles. The molecule has 0 saturated heterocycles. The van der Waals surface area contributed by atoms with Gasteiger partial charge < -0.3 is 20.4 Å². The largest absolute Gasteiger partial charge is 0.467 e. The summed E-state index contributed by atoms with van der Waals surface area (Å²) in [6, 6.07) is 19.8. The number of anilines is 5. The predicted molar refractivity (Wildman–Crippen MR) is 115 cm³/mol. The van der Waals surface area contributed by atoms with E-state index in [1.54, 1.807) is 6.26 Å². The summed E-state index contributed by atoms with van der Waals surface area (Å²) in [6.45, 7) is 4.57. The van der Waals surface area contributed by atoms with Crippen molar-refractivity contribution in [2.24, 2.45) is 0 Å². The topological polar surface area (TPSA) is 87.9 Å². The molecule has 0 radical (unpaired) electrons. The van der Waals surface area contributed by atoms with E-state index in [4.69, 9.17) is 4.42 Å². The number of nitrogens with one attached hydrogen (secondary N) is 3. The number of hydrogen-bond acceptors (Lipinski definition) is 7. The second kappa shape index (κ2) is 8.43. The molecule has 0 aliphatic carbocycles. The minimum absolute atomic E-state index is 0.445. The van der Waals surface area contributed by atoms with Crippen LogP contribution in [-0.2, 0) is 6.54 Å². The van der Waals surface area contributed by atoms with Crippen molar-refractivity contribution in [1.82, 2.24) is 15.0 Å². The normalized spacial score (nSPS) is 10.6. The Bertz CT molecular complexity index is 994. The lowest BCUT2D eigenvalue weighted by atomic mass is 10.2. The number of furan rings is 1. The Labute approximate surface area is 169 Å². The average Bonchev–Trinajstić information content (AvgIpc) is 3.24. The van der Waals surface area contributed by atoms with Gasteiger partial charge in [0.05, 0.1) is 12.8 Å². The van der Waals surface area contributed by atoms with Gasteiger partial charge in [0.25, 0.3) is 0 Å². The van der Waals surface area contributed by atoms with Crippen LogP contribution in [0.4, 0.5) is 29.2 Å². The van der Waals surface area contributed by atoms with Crippen LogP contribution in [0.25, 0.3) is 0 Å². The third-order valence-electron chi connectivity index (χ3n) is 4.25. The van der Waals surface area contributed by atoms with Gasteiger partial charge in [-0.3, -0.25) is 0 Å². The molecule has 29 heavy (non-hydrogen) atoms. The van der Waals surface area contributed by atoms with Gasteiger partial charge >= 0.3 is 0 Å². The molecule has 0 saturated carbocycles. The Balaban J connectivity index is 1.58. The fourth-order valence-corrected chi connectivity index (χ4v) is 2.68. The zero-order chi connectivity index (χ0) is 20.1. The Morgan fingerprint density at radius 2 is 1.21 bits per heavy atom. The van der Waals surface area contributed by atoms with Gasteiger partial charge in [-0.1, -0.05) is 35.4 Å². The molecule has 146 valence electrons. The Hall–Kier alpha value is -3.87. The molecule has 0 atom stereocenters. The lowest BCUT2D eigenvalue weighted by Crippen LogP contribution is -2.09. The summed E-state index contributed by atoms with van der Waals surface area (Å²) in [5.41, 5.74) is 4.18. The van der Waals surface area contributed by atoms with E-state index >= 15 is 0 Å². The highest BCUT2D eigenvalue weighted by Gasteiger charge is 2.08. The molecule has 4 rings (SSSR count). The Morgan fingerprint density at radius 3 is 1.69 bits per heavy atom. The smallest absolute Gasteiger partial charge is 0.233 e. The molecule has 2 aromatic carbocycles. The van der Waals surface area contributed by atoms with E-state index in [2.05, 4.69) is 30.9 Å². The molecular formula is C22H22N6O. The maximum absolute atomic E-state index is 5.36. The quantitative estimate of drug-likeness (QED) is 0.403. The van der Waals surface area contributed by atoms with E-state index in [1.807, 2.05) is 74.5 Å². The van der Waals surface area contributed by atoms with Crippen LogP contribution in [0.15, 0.2) is 71.3 Å². The number of nitrogens with zero attached hydrogens (tertiary/aromatic N) is 3. The van der Waals surface area contributed by atoms with Crippen molar-refractivity contribution >= 4 is 29.2 Å². The van der Waals surface area contributed by atoms with Crippen LogP contribution in [0.1, 0.15) is 16.9 Å². The summed E-state index contributed by atoms with van der Waals surface area (Å²) in [7, 11) is 0. The van der Waals surface area contributed by atoms with Crippen LogP contribution >= 0.6 is 0 Å². The summed E-state index contributed by atoms with van der Waals surface area (Å²) in [4.78, 5) is 13.5. The highest BCUT2D eigenvalue weighted by Crippen LogP contribution is 2.19. The lowest BCUT2D eigenvalue weighted by molar-refractivity contribution is 0.517. The fourth-order valence-electron chi connectivity index (χ4n) is 2.68.